The lowest BCUT2D eigenvalue weighted by atomic mass is 10.2. The first kappa shape index (κ1) is 17.7. The molecular weight excluding hydrogens is 345 g/mol. The third-order valence-electron chi connectivity index (χ3n) is 5.21. The molecule has 1 aliphatic carbocycles. The first-order valence-electron chi connectivity index (χ1n) is 9.56. The summed E-state index contributed by atoms with van der Waals surface area (Å²) in [5.74, 6) is 1.20. The van der Waals surface area contributed by atoms with Crippen LogP contribution in [0.1, 0.15) is 29.8 Å². The van der Waals surface area contributed by atoms with Crippen LogP contribution >= 0.6 is 0 Å². The average Bonchev–Trinajstić information content (AvgIpc) is 3.53. The van der Waals surface area contributed by atoms with E-state index in [1.165, 1.54) is 25.0 Å². The first-order chi connectivity index (χ1) is 13.2. The van der Waals surface area contributed by atoms with Crippen LogP contribution in [0.25, 0.3) is 0 Å². The van der Waals surface area contributed by atoms with Crippen LogP contribution in [-0.2, 0) is 0 Å². The highest BCUT2D eigenvalue weighted by molar-refractivity contribution is 5.92. The van der Waals surface area contributed by atoms with Crippen molar-refractivity contribution in [3.63, 3.8) is 0 Å². The van der Waals surface area contributed by atoms with Crippen LogP contribution in [0.5, 0.6) is 0 Å². The highest BCUT2D eigenvalue weighted by Crippen LogP contribution is 2.31. The summed E-state index contributed by atoms with van der Waals surface area (Å²) in [5, 5.41) is 11.2. The molecule has 1 N–H and O–H groups in total. The van der Waals surface area contributed by atoms with Gasteiger partial charge in [-0.1, -0.05) is 12.8 Å². The molecule has 0 unspecified atom stereocenters. The minimum Gasteiger partial charge on any atom is -0.368 e. The van der Waals surface area contributed by atoms with Gasteiger partial charge >= 0.3 is 0 Å². The van der Waals surface area contributed by atoms with Gasteiger partial charge in [0, 0.05) is 38.4 Å². The summed E-state index contributed by atoms with van der Waals surface area (Å²) >= 11 is 0. The summed E-state index contributed by atoms with van der Waals surface area (Å²) in [6, 6.07) is 10.2. The van der Waals surface area contributed by atoms with E-state index >= 15 is 0 Å². The van der Waals surface area contributed by atoms with Gasteiger partial charge in [-0.15, -0.1) is 10.2 Å². The minimum atomic E-state index is -0.218. The van der Waals surface area contributed by atoms with Crippen LogP contribution in [0.3, 0.4) is 0 Å². The molecule has 2 aliphatic rings. The molecule has 1 amide bonds. The molecular formula is C20H24FN5O. The maximum atomic E-state index is 13.1. The van der Waals surface area contributed by atoms with Crippen LogP contribution in [-0.4, -0.2) is 48.8 Å². The van der Waals surface area contributed by atoms with Crippen molar-refractivity contribution in [3.05, 3.63) is 47.9 Å². The number of carbonyl (C=O) groups excluding carboxylic acids is 1. The number of anilines is 2. The number of piperazine rings is 1. The van der Waals surface area contributed by atoms with Crippen molar-refractivity contribution >= 4 is 17.4 Å². The Hall–Kier alpha value is -2.70. The maximum absolute atomic E-state index is 13.1. The van der Waals surface area contributed by atoms with Gasteiger partial charge in [-0.25, -0.2) is 4.39 Å². The summed E-state index contributed by atoms with van der Waals surface area (Å²) in [5.41, 5.74) is 1.39. The second-order valence-corrected chi connectivity index (χ2v) is 7.22. The SMILES string of the molecule is O=C(NCCC1CC1)c1ccc(N2CCN(c3ccc(F)cc3)CC2)nn1. The highest BCUT2D eigenvalue weighted by atomic mass is 19.1. The van der Waals surface area contributed by atoms with Gasteiger partial charge in [0.25, 0.3) is 5.91 Å². The quantitative estimate of drug-likeness (QED) is 0.848. The Morgan fingerprint density at radius 3 is 2.33 bits per heavy atom. The normalized spacial score (nSPS) is 17.1. The molecule has 2 aromatic rings. The number of nitrogens with zero attached hydrogens (tertiary/aromatic N) is 4. The van der Waals surface area contributed by atoms with Crippen molar-refractivity contribution in [2.75, 3.05) is 42.5 Å². The van der Waals surface area contributed by atoms with E-state index in [9.17, 15) is 9.18 Å². The second-order valence-electron chi connectivity index (χ2n) is 7.22. The summed E-state index contributed by atoms with van der Waals surface area (Å²) in [4.78, 5) is 16.5. The molecule has 0 atom stereocenters. The molecule has 2 heterocycles. The van der Waals surface area contributed by atoms with E-state index in [-0.39, 0.29) is 11.7 Å². The molecule has 7 heteroatoms. The number of hydrogen-bond acceptors (Lipinski definition) is 5. The van der Waals surface area contributed by atoms with Crippen LogP contribution in [0.15, 0.2) is 36.4 Å². The van der Waals surface area contributed by atoms with E-state index in [1.54, 1.807) is 18.2 Å². The fourth-order valence-corrected chi connectivity index (χ4v) is 3.35. The van der Waals surface area contributed by atoms with Gasteiger partial charge in [0.05, 0.1) is 0 Å². The Balaban J connectivity index is 1.29. The van der Waals surface area contributed by atoms with Gasteiger partial charge in [0.2, 0.25) is 0 Å². The summed E-state index contributed by atoms with van der Waals surface area (Å²) in [6.45, 7) is 3.98. The van der Waals surface area contributed by atoms with Gasteiger partial charge in [0.15, 0.2) is 11.5 Å². The molecule has 1 aromatic heterocycles. The van der Waals surface area contributed by atoms with Crippen molar-refractivity contribution in [3.8, 4) is 0 Å². The standard InChI is InChI=1S/C20H24FN5O/c21-16-3-5-17(6-4-16)25-11-13-26(14-12-25)19-8-7-18(23-24-19)20(27)22-10-9-15-1-2-15/h3-8,15H,1-2,9-14H2,(H,22,27). The summed E-state index contributed by atoms with van der Waals surface area (Å²) in [6.07, 6.45) is 3.63. The first-order valence-corrected chi connectivity index (χ1v) is 9.56. The number of benzene rings is 1. The maximum Gasteiger partial charge on any atom is 0.271 e. The van der Waals surface area contributed by atoms with E-state index < -0.39 is 0 Å². The lowest BCUT2D eigenvalue weighted by Gasteiger charge is -2.36. The molecule has 0 spiro atoms. The number of halogens is 1. The highest BCUT2D eigenvalue weighted by Gasteiger charge is 2.21. The molecule has 1 aromatic carbocycles. The largest absolute Gasteiger partial charge is 0.368 e. The smallest absolute Gasteiger partial charge is 0.271 e. The number of aromatic nitrogens is 2. The fraction of sp³-hybridized carbons (Fsp3) is 0.450. The zero-order chi connectivity index (χ0) is 18.6. The van der Waals surface area contributed by atoms with Crippen molar-refractivity contribution in [2.45, 2.75) is 19.3 Å². The number of rotatable bonds is 6. The lowest BCUT2D eigenvalue weighted by Crippen LogP contribution is -2.47. The predicted octanol–water partition coefficient (Wildman–Crippen LogP) is 2.47. The topological polar surface area (TPSA) is 61.4 Å². The van der Waals surface area contributed by atoms with Gasteiger partial charge < -0.3 is 15.1 Å². The monoisotopic (exact) mass is 369 g/mol. The molecule has 6 nitrogen and oxygen atoms in total. The van der Waals surface area contributed by atoms with E-state index in [0.29, 0.717) is 12.2 Å². The molecule has 1 saturated carbocycles. The molecule has 0 bridgehead atoms. The van der Waals surface area contributed by atoms with Gasteiger partial charge in [-0.05, 0) is 48.7 Å². The zero-order valence-electron chi connectivity index (χ0n) is 15.3. The molecule has 142 valence electrons. The fourth-order valence-electron chi connectivity index (χ4n) is 3.35. The number of amides is 1. The van der Waals surface area contributed by atoms with Crippen LogP contribution in [0, 0.1) is 11.7 Å². The minimum absolute atomic E-state index is 0.157. The Labute approximate surface area is 158 Å². The van der Waals surface area contributed by atoms with Crippen LogP contribution in [0.4, 0.5) is 15.9 Å². The lowest BCUT2D eigenvalue weighted by molar-refractivity contribution is 0.0946. The van der Waals surface area contributed by atoms with Gasteiger partial charge in [0.1, 0.15) is 5.82 Å². The molecule has 1 saturated heterocycles. The number of nitrogens with one attached hydrogen (secondary N) is 1. The third-order valence-corrected chi connectivity index (χ3v) is 5.21. The zero-order valence-corrected chi connectivity index (χ0v) is 15.3. The molecule has 4 rings (SSSR count). The van der Waals surface area contributed by atoms with Crippen LogP contribution < -0.4 is 15.1 Å². The van der Waals surface area contributed by atoms with Crippen molar-refractivity contribution in [2.24, 2.45) is 5.92 Å². The van der Waals surface area contributed by atoms with Gasteiger partial charge in [-0.2, -0.15) is 0 Å². The average molecular weight is 369 g/mol. The molecule has 27 heavy (non-hydrogen) atoms. The third kappa shape index (κ3) is 4.53. The molecule has 1 aliphatic heterocycles. The summed E-state index contributed by atoms with van der Waals surface area (Å²) < 4.78 is 13.1. The predicted molar refractivity (Wildman–Crippen MR) is 103 cm³/mol. The van der Waals surface area contributed by atoms with Crippen molar-refractivity contribution < 1.29 is 9.18 Å². The van der Waals surface area contributed by atoms with E-state index in [1.807, 2.05) is 6.07 Å². The summed E-state index contributed by atoms with van der Waals surface area (Å²) in [7, 11) is 0. The molecule has 0 radical (unpaired) electrons. The van der Waals surface area contributed by atoms with E-state index in [2.05, 4.69) is 25.3 Å². The van der Waals surface area contributed by atoms with Crippen LogP contribution in [0.2, 0.25) is 0 Å². The Kier molecular flexibility index (Phi) is 5.18. The van der Waals surface area contributed by atoms with E-state index in [0.717, 1.165) is 50.0 Å². The number of hydrogen-bond donors (Lipinski definition) is 1. The Morgan fingerprint density at radius 2 is 1.70 bits per heavy atom. The van der Waals surface area contributed by atoms with E-state index in [4.69, 9.17) is 0 Å². The Morgan fingerprint density at radius 1 is 1.00 bits per heavy atom. The van der Waals surface area contributed by atoms with Crippen molar-refractivity contribution in [1.29, 1.82) is 0 Å². The second kappa shape index (κ2) is 7.90. The van der Waals surface area contributed by atoms with Crippen molar-refractivity contribution in [1.82, 2.24) is 15.5 Å². The Bertz CT molecular complexity index is 768. The van der Waals surface area contributed by atoms with Gasteiger partial charge in [-0.3, -0.25) is 4.79 Å². The number of carbonyl (C=O) groups is 1. The molecule has 2 fully saturated rings.